The summed E-state index contributed by atoms with van der Waals surface area (Å²) in [6, 6.07) is 12.9. The molecule has 11 heteroatoms. The number of hydrogen-bond donors (Lipinski definition) is 1. The number of furan rings is 1. The number of benzene rings is 2. The Morgan fingerprint density at radius 3 is 2.45 bits per heavy atom. The van der Waals surface area contributed by atoms with E-state index in [0.717, 1.165) is 17.4 Å². The fourth-order valence-electron chi connectivity index (χ4n) is 4.46. The lowest BCUT2D eigenvalue weighted by molar-refractivity contribution is -0.274. The Labute approximate surface area is 244 Å². The van der Waals surface area contributed by atoms with Crippen molar-refractivity contribution in [3.63, 3.8) is 0 Å². The lowest BCUT2D eigenvalue weighted by Crippen LogP contribution is -2.59. The molecule has 5 rings (SSSR count). The summed E-state index contributed by atoms with van der Waals surface area (Å²) in [5.41, 5.74) is 0.272. The van der Waals surface area contributed by atoms with Gasteiger partial charge < -0.3 is 37.9 Å². The summed E-state index contributed by atoms with van der Waals surface area (Å²) in [6.45, 7) is 11.9. The van der Waals surface area contributed by atoms with Crippen molar-refractivity contribution in [1.82, 2.24) is 15.5 Å². The van der Waals surface area contributed by atoms with Crippen LogP contribution in [0.3, 0.4) is 0 Å². The van der Waals surface area contributed by atoms with Crippen LogP contribution in [0.15, 0.2) is 51.4 Å². The number of ether oxygens (including phenoxy) is 5. The smallest absolute Gasteiger partial charge is 0.408 e. The van der Waals surface area contributed by atoms with E-state index in [9.17, 15) is 4.79 Å². The molecule has 0 spiro atoms. The van der Waals surface area contributed by atoms with Gasteiger partial charge in [-0.05, 0) is 83.5 Å². The lowest BCUT2D eigenvalue weighted by atomic mass is 9.96. The number of aromatic nitrogens is 2. The van der Waals surface area contributed by atoms with Crippen LogP contribution in [0.25, 0.3) is 33.8 Å². The van der Waals surface area contributed by atoms with E-state index in [0.29, 0.717) is 46.7 Å². The van der Waals surface area contributed by atoms with E-state index in [4.69, 9.17) is 32.6 Å². The monoisotopic (exact) mass is 579 g/mol. The zero-order valence-electron chi connectivity index (χ0n) is 25.0. The van der Waals surface area contributed by atoms with Crippen molar-refractivity contribution in [2.24, 2.45) is 0 Å². The molecule has 1 saturated heterocycles. The first-order valence-electron chi connectivity index (χ1n) is 13.9. The Kier molecular flexibility index (Phi) is 7.91. The number of carbonyl (C=O) groups is 1. The van der Waals surface area contributed by atoms with Crippen LogP contribution in [0.2, 0.25) is 0 Å². The fraction of sp³-hybridized carbons (Fsp3) is 0.452. The van der Waals surface area contributed by atoms with E-state index in [1.807, 2.05) is 57.2 Å². The molecule has 0 unspecified atom stereocenters. The largest absolute Gasteiger partial charge is 0.493 e. The summed E-state index contributed by atoms with van der Waals surface area (Å²) >= 11 is 0. The van der Waals surface area contributed by atoms with E-state index in [-0.39, 0.29) is 13.2 Å². The second-order valence-corrected chi connectivity index (χ2v) is 11.7. The van der Waals surface area contributed by atoms with Crippen molar-refractivity contribution >= 4 is 17.1 Å². The van der Waals surface area contributed by atoms with E-state index < -0.39 is 23.0 Å². The number of hydrogen-bond acceptors (Lipinski definition) is 10. The third-order valence-corrected chi connectivity index (χ3v) is 6.62. The zero-order valence-corrected chi connectivity index (χ0v) is 25.0. The zero-order chi connectivity index (χ0) is 30.1. The minimum absolute atomic E-state index is 0.131. The molecule has 1 amide bonds. The average Bonchev–Trinajstić information content (AvgIpc) is 3.60. The number of nitrogens with zero attached hydrogens (tertiary/aromatic N) is 2. The molecule has 0 atom stereocenters. The predicted octanol–water partition coefficient (Wildman–Crippen LogP) is 6.45. The standard InChI is InChI=1S/C31H37N3O8/c1-8-13-37-23-12-10-20(15-24(23)36-7)27-32-26(34-42-27)19-9-11-22-21(14-19)16-25(40-22)31(17-38-30(5,6)39-18-31)33-28(35)41-29(2,3)4/h9-12,14-16H,8,13,17-18H2,1-7H3,(H,33,35). The van der Waals surface area contributed by atoms with E-state index in [2.05, 4.69) is 15.5 Å². The van der Waals surface area contributed by atoms with E-state index >= 15 is 0 Å². The van der Waals surface area contributed by atoms with Crippen molar-refractivity contribution in [3.05, 3.63) is 48.2 Å². The van der Waals surface area contributed by atoms with Crippen molar-refractivity contribution in [2.45, 2.75) is 64.9 Å². The van der Waals surface area contributed by atoms with Gasteiger partial charge in [-0.15, -0.1) is 0 Å². The van der Waals surface area contributed by atoms with Crippen molar-refractivity contribution < 1.29 is 37.4 Å². The molecule has 0 radical (unpaired) electrons. The Morgan fingerprint density at radius 2 is 1.76 bits per heavy atom. The van der Waals surface area contributed by atoms with Crippen LogP contribution in [-0.2, 0) is 19.7 Å². The molecule has 11 nitrogen and oxygen atoms in total. The number of rotatable bonds is 8. The molecule has 1 N–H and O–H groups in total. The van der Waals surface area contributed by atoms with Crippen LogP contribution in [0.1, 0.15) is 53.7 Å². The molecule has 42 heavy (non-hydrogen) atoms. The first-order chi connectivity index (χ1) is 19.9. The second kappa shape index (κ2) is 11.3. The third-order valence-electron chi connectivity index (χ3n) is 6.62. The van der Waals surface area contributed by atoms with Gasteiger partial charge in [0.15, 0.2) is 17.3 Å². The molecule has 1 fully saturated rings. The second-order valence-electron chi connectivity index (χ2n) is 11.7. The maximum absolute atomic E-state index is 12.8. The molecule has 2 aromatic heterocycles. The normalized spacial score (nSPS) is 16.3. The van der Waals surface area contributed by atoms with Crippen LogP contribution in [-0.4, -0.2) is 54.6 Å². The lowest BCUT2D eigenvalue weighted by Gasteiger charge is -2.42. The molecule has 2 aromatic carbocycles. The highest BCUT2D eigenvalue weighted by Gasteiger charge is 2.46. The van der Waals surface area contributed by atoms with Gasteiger partial charge in [-0.1, -0.05) is 12.1 Å². The number of fused-ring (bicyclic) bond motifs is 1. The fourth-order valence-corrected chi connectivity index (χ4v) is 4.46. The van der Waals surface area contributed by atoms with E-state index in [1.165, 1.54) is 0 Å². The summed E-state index contributed by atoms with van der Waals surface area (Å²) in [4.78, 5) is 17.4. The van der Waals surface area contributed by atoms with Crippen LogP contribution in [0.4, 0.5) is 4.79 Å². The van der Waals surface area contributed by atoms with Gasteiger partial charge in [0, 0.05) is 16.5 Å². The molecule has 1 aliphatic rings. The average molecular weight is 580 g/mol. The van der Waals surface area contributed by atoms with Gasteiger partial charge in [-0.2, -0.15) is 4.98 Å². The van der Waals surface area contributed by atoms with Gasteiger partial charge in [0.25, 0.3) is 5.89 Å². The van der Waals surface area contributed by atoms with Crippen molar-refractivity contribution in [3.8, 4) is 34.3 Å². The first kappa shape index (κ1) is 29.4. The Balaban J connectivity index is 1.42. The molecular formula is C31H37N3O8. The Hall–Kier alpha value is -4.09. The summed E-state index contributed by atoms with van der Waals surface area (Å²) in [5, 5.41) is 7.91. The highest BCUT2D eigenvalue weighted by molar-refractivity contribution is 5.83. The maximum atomic E-state index is 12.8. The van der Waals surface area contributed by atoms with Gasteiger partial charge in [-0.25, -0.2) is 4.79 Å². The van der Waals surface area contributed by atoms with Crippen LogP contribution < -0.4 is 14.8 Å². The molecule has 224 valence electrons. The van der Waals surface area contributed by atoms with Gasteiger partial charge >= 0.3 is 6.09 Å². The number of methoxy groups -OCH3 is 1. The van der Waals surface area contributed by atoms with Crippen LogP contribution >= 0.6 is 0 Å². The summed E-state index contributed by atoms with van der Waals surface area (Å²) in [5.74, 6) is 1.66. The number of alkyl carbamates (subject to hydrolysis) is 1. The maximum Gasteiger partial charge on any atom is 0.408 e. The van der Waals surface area contributed by atoms with Crippen molar-refractivity contribution in [1.29, 1.82) is 0 Å². The van der Waals surface area contributed by atoms with E-state index in [1.54, 1.807) is 33.9 Å². The van der Waals surface area contributed by atoms with Crippen LogP contribution in [0.5, 0.6) is 11.5 Å². The molecule has 3 heterocycles. The minimum atomic E-state index is -1.09. The number of amides is 1. The third kappa shape index (κ3) is 6.37. The Bertz CT molecular complexity index is 1560. The van der Waals surface area contributed by atoms with Gasteiger partial charge in [0.2, 0.25) is 5.82 Å². The highest BCUT2D eigenvalue weighted by atomic mass is 16.7. The summed E-state index contributed by atoms with van der Waals surface area (Å²) < 4.78 is 40.4. The number of carbonyl (C=O) groups excluding carboxylic acids is 1. The quantitative estimate of drug-likeness (QED) is 0.249. The summed E-state index contributed by atoms with van der Waals surface area (Å²) in [6.07, 6.45) is 0.290. The SMILES string of the molecule is CCCOc1ccc(-c2nc(-c3ccc4oc(C5(NC(=O)OC(C)(C)C)COC(C)(C)OC5)cc4c3)no2)cc1OC. The molecule has 0 saturated carbocycles. The Morgan fingerprint density at radius 1 is 1.02 bits per heavy atom. The van der Waals surface area contributed by atoms with Crippen LogP contribution in [0, 0.1) is 0 Å². The first-order valence-corrected chi connectivity index (χ1v) is 13.9. The highest BCUT2D eigenvalue weighted by Crippen LogP contribution is 2.37. The molecular weight excluding hydrogens is 542 g/mol. The minimum Gasteiger partial charge on any atom is -0.493 e. The van der Waals surface area contributed by atoms with Crippen molar-refractivity contribution in [2.75, 3.05) is 26.9 Å². The summed E-state index contributed by atoms with van der Waals surface area (Å²) in [7, 11) is 1.59. The molecule has 1 aliphatic heterocycles. The topological polar surface area (TPSA) is 127 Å². The molecule has 4 aromatic rings. The van der Waals surface area contributed by atoms with Gasteiger partial charge in [0.1, 0.15) is 22.5 Å². The number of nitrogens with one attached hydrogen (secondary N) is 1. The predicted molar refractivity (Wildman–Crippen MR) is 154 cm³/mol. The molecule has 0 aliphatic carbocycles. The van der Waals surface area contributed by atoms with Gasteiger partial charge in [0.05, 0.1) is 26.9 Å². The van der Waals surface area contributed by atoms with Gasteiger partial charge in [-0.3, -0.25) is 0 Å². The molecule has 0 bridgehead atoms.